The highest BCUT2D eigenvalue weighted by Gasteiger charge is 2.18. The van der Waals surface area contributed by atoms with E-state index in [2.05, 4.69) is 4.98 Å². The molecular weight excluding hydrogens is 370 g/mol. The minimum absolute atomic E-state index is 0.150. The summed E-state index contributed by atoms with van der Waals surface area (Å²) in [4.78, 5) is 16.6. The van der Waals surface area contributed by atoms with Crippen molar-refractivity contribution < 1.29 is 23.7 Å². The minimum Gasteiger partial charge on any atom is -0.490 e. The SMILES string of the molecule is CCOc1cc(/C=C/c2ccncc2)ccc1OC(=O)c1ccc2c(c1)OCO2. The maximum absolute atomic E-state index is 12.6. The van der Waals surface area contributed by atoms with Crippen molar-refractivity contribution in [3.05, 3.63) is 77.6 Å². The summed E-state index contributed by atoms with van der Waals surface area (Å²) in [5, 5.41) is 0. The maximum Gasteiger partial charge on any atom is 0.343 e. The highest BCUT2D eigenvalue weighted by atomic mass is 16.7. The third-order valence-electron chi connectivity index (χ3n) is 4.25. The Bertz CT molecular complexity index is 1050. The molecule has 0 aliphatic carbocycles. The van der Waals surface area contributed by atoms with Gasteiger partial charge in [0.2, 0.25) is 6.79 Å². The molecule has 1 aliphatic rings. The zero-order valence-corrected chi connectivity index (χ0v) is 15.8. The van der Waals surface area contributed by atoms with E-state index in [0.717, 1.165) is 11.1 Å². The molecular formula is C23H19NO5. The van der Waals surface area contributed by atoms with Crippen molar-refractivity contribution in [2.75, 3.05) is 13.4 Å². The van der Waals surface area contributed by atoms with Gasteiger partial charge in [-0.25, -0.2) is 4.79 Å². The van der Waals surface area contributed by atoms with Gasteiger partial charge in [-0.1, -0.05) is 18.2 Å². The van der Waals surface area contributed by atoms with Crippen molar-refractivity contribution in [1.82, 2.24) is 4.98 Å². The van der Waals surface area contributed by atoms with Gasteiger partial charge in [-0.15, -0.1) is 0 Å². The number of carbonyl (C=O) groups excluding carboxylic acids is 1. The predicted octanol–water partition coefficient (Wildman–Crippen LogP) is 4.60. The number of pyridine rings is 1. The molecule has 0 fully saturated rings. The fraction of sp³-hybridized carbons (Fsp3) is 0.130. The van der Waals surface area contributed by atoms with Crippen LogP contribution in [0.3, 0.4) is 0 Å². The summed E-state index contributed by atoms with van der Waals surface area (Å²) in [7, 11) is 0. The van der Waals surface area contributed by atoms with Crippen molar-refractivity contribution in [1.29, 1.82) is 0 Å². The molecule has 0 bridgehead atoms. The molecule has 29 heavy (non-hydrogen) atoms. The van der Waals surface area contributed by atoms with Crippen LogP contribution in [0, 0.1) is 0 Å². The molecule has 146 valence electrons. The van der Waals surface area contributed by atoms with Crippen molar-refractivity contribution >= 4 is 18.1 Å². The molecule has 0 atom stereocenters. The van der Waals surface area contributed by atoms with E-state index >= 15 is 0 Å². The molecule has 0 N–H and O–H groups in total. The smallest absolute Gasteiger partial charge is 0.343 e. The third-order valence-corrected chi connectivity index (χ3v) is 4.25. The van der Waals surface area contributed by atoms with Gasteiger partial charge >= 0.3 is 5.97 Å². The van der Waals surface area contributed by atoms with Crippen LogP contribution >= 0.6 is 0 Å². The van der Waals surface area contributed by atoms with Crippen molar-refractivity contribution in [3.63, 3.8) is 0 Å². The Morgan fingerprint density at radius 3 is 2.59 bits per heavy atom. The van der Waals surface area contributed by atoms with E-state index in [4.69, 9.17) is 18.9 Å². The van der Waals surface area contributed by atoms with Crippen LogP contribution in [0.1, 0.15) is 28.4 Å². The first kappa shape index (κ1) is 18.6. The normalized spacial score (nSPS) is 12.2. The Hall–Kier alpha value is -3.80. The Labute approximate surface area is 168 Å². The van der Waals surface area contributed by atoms with Crippen molar-refractivity contribution in [2.24, 2.45) is 0 Å². The fourth-order valence-electron chi connectivity index (χ4n) is 2.83. The lowest BCUT2D eigenvalue weighted by Crippen LogP contribution is -2.09. The first-order valence-electron chi connectivity index (χ1n) is 9.20. The van der Waals surface area contributed by atoms with Crippen LogP contribution < -0.4 is 18.9 Å². The summed E-state index contributed by atoms with van der Waals surface area (Å²) in [5.74, 6) is 1.50. The van der Waals surface area contributed by atoms with Crippen LogP contribution in [0.15, 0.2) is 60.9 Å². The van der Waals surface area contributed by atoms with Crippen LogP contribution in [0.25, 0.3) is 12.2 Å². The van der Waals surface area contributed by atoms with Gasteiger partial charge in [-0.3, -0.25) is 4.98 Å². The maximum atomic E-state index is 12.6. The number of benzene rings is 2. The first-order valence-corrected chi connectivity index (χ1v) is 9.20. The number of hydrogen-bond donors (Lipinski definition) is 0. The number of ether oxygens (including phenoxy) is 4. The van der Waals surface area contributed by atoms with Gasteiger partial charge in [-0.05, 0) is 60.5 Å². The number of rotatable bonds is 6. The molecule has 6 heteroatoms. The highest BCUT2D eigenvalue weighted by Crippen LogP contribution is 2.34. The van der Waals surface area contributed by atoms with E-state index in [0.29, 0.717) is 35.2 Å². The molecule has 3 aromatic rings. The van der Waals surface area contributed by atoms with Gasteiger partial charge in [0.05, 0.1) is 12.2 Å². The average molecular weight is 389 g/mol. The van der Waals surface area contributed by atoms with Crippen LogP contribution in [-0.4, -0.2) is 24.4 Å². The van der Waals surface area contributed by atoms with E-state index < -0.39 is 5.97 Å². The largest absolute Gasteiger partial charge is 0.490 e. The lowest BCUT2D eigenvalue weighted by Gasteiger charge is -2.11. The molecule has 2 heterocycles. The molecule has 0 spiro atoms. The molecule has 0 amide bonds. The Morgan fingerprint density at radius 1 is 0.966 bits per heavy atom. The number of esters is 1. The van der Waals surface area contributed by atoms with E-state index in [1.807, 2.05) is 43.3 Å². The van der Waals surface area contributed by atoms with Crippen LogP contribution in [0.5, 0.6) is 23.0 Å². The molecule has 1 aliphatic heterocycles. The van der Waals surface area contributed by atoms with Crippen LogP contribution in [-0.2, 0) is 0 Å². The molecule has 0 saturated carbocycles. The lowest BCUT2D eigenvalue weighted by atomic mass is 10.1. The van der Waals surface area contributed by atoms with Gasteiger partial charge in [0.1, 0.15) is 0 Å². The van der Waals surface area contributed by atoms with Crippen molar-refractivity contribution in [2.45, 2.75) is 6.92 Å². The first-order chi connectivity index (χ1) is 14.2. The number of fused-ring (bicyclic) bond motifs is 1. The number of carbonyl (C=O) groups is 1. The summed E-state index contributed by atoms with van der Waals surface area (Å²) >= 11 is 0. The zero-order valence-electron chi connectivity index (χ0n) is 15.8. The second kappa shape index (κ2) is 8.48. The van der Waals surface area contributed by atoms with Crippen LogP contribution in [0.2, 0.25) is 0 Å². The Balaban J connectivity index is 1.53. The van der Waals surface area contributed by atoms with E-state index in [1.54, 1.807) is 36.7 Å². The molecule has 1 aromatic heterocycles. The number of aromatic nitrogens is 1. The number of nitrogens with zero attached hydrogens (tertiary/aromatic N) is 1. The topological polar surface area (TPSA) is 66.9 Å². The quantitative estimate of drug-likeness (QED) is 0.453. The standard InChI is InChI=1S/C23H19NO5/c1-2-26-21-13-17(4-3-16-9-11-24-12-10-16)5-7-20(21)29-23(25)18-6-8-19-22(14-18)28-15-27-19/h3-14H,2,15H2,1H3/b4-3+. The second-order valence-electron chi connectivity index (χ2n) is 6.21. The summed E-state index contributed by atoms with van der Waals surface area (Å²) in [6.07, 6.45) is 7.42. The fourth-order valence-corrected chi connectivity index (χ4v) is 2.83. The third kappa shape index (κ3) is 4.38. The van der Waals surface area contributed by atoms with Gasteiger partial charge in [0, 0.05) is 12.4 Å². The lowest BCUT2D eigenvalue weighted by molar-refractivity contribution is 0.0728. The molecule has 0 radical (unpaired) electrons. The monoisotopic (exact) mass is 389 g/mol. The molecule has 0 saturated heterocycles. The predicted molar refractivity (Wildman–Crippen MR) is 108 cm³/mol. The van der Waals surface area contributed by atoms with E-state index in [-0.39, 0.29) is 6.79 Å². The van der Waals surface area contributed by atoms with Gasteiger partial charge in [0.25, 0.3) is 0 Å². The van der Waals surface area contributed by atoms with Gasteiger partial charge in [-0.2, -0.15) is 0 Å². The minimum atomic E-state index is -0.496. The Morgan fingerprint density at radius 2 is 1.76 bits per heavy atom. The van der Waals surface area contributed by atoms with Gasteiger partial charge in [0.15, 0.2) is 23.0 Å². The average Bonchev–Trinajstić information content (AvgIpc) is 3.22. The van der Waals surface area contributed by atoms with E-state index in [9.17, 15) is 4.79 Å². The zero-order chi connectivity index (χ0) is 20.1. The van der Waals surface area contributed by atoms with Gasteiger partial charge < -0.3 is 18.9 Å². The summed E-state index contributed by atoms with van der Waals surface area (Å²) in [6.45, 7) is 2.48. The van der Waals surface area contributed by atoms with Crippen LogP contribution in [0.4, 0.5) is 0 Å². The molecule has 6 nitrogen and oxygen atoms in total. The molecule has 0 unspecified atom stereocenters. The highest BCUT2D eigenvalue weighted by molar-refractivity contribution is 5.92. The van der Waals surface area contributed by atoms with E-state index in [1.165, 1.54) is 0 Å². The molecule has 2 aromatic carbocycles. The summed E-state index contributed by atoms with van der Waals surface area (Å²) < 4.78 is 21.8. The number of hydrogen-bond acceptors (Lipinski definition) is 6. The summed E-state index contributed by atoms with van der Waals surface area (Å²) in [6, 6.07) is 14.2. The van der Waals surface area contributed by atoms with Crippen molar-refractivity contribution in [3.8, 4) is 23.0 Å². The summed E-state index contributed by atoms with van der Waals surface area (Å²) in [5.41, 5.74) is 2.34. The second-order valence-corrected chi connectivity index (χ2v) is 6.21. The molecule has 4 rings (SSSR count). The Kier molecular flexibility index (Phi) is 5.42.